The molecule has 2 heterocycles. The summed E-state index contributed by atoms with van der Waals surface area (Å²) in [5.74, 6) is 0.830. The largest absolute Gasteiger partial charge is 0.396 e. The highest BCUT2D eigenvalue weighted by atomic mass is 16.2. The van der Waals surface area contributed by atoms with Gasteiger partial charge in [0.05, 0.1) is 0 Å². The van der Waals surface area contributed by atoms with Crippen LogP contribution in [0.15, 0.2) is 24.3 Å². The van der Waals surface area contributed by atoms with E-state index >= 15 is 0 Å². The van der Waals surface area contributed by atoms with E-state index in [4.69, 9.17) is 5.11 Å². The highest BCUT2D eigenvalue weighted by Crippen LogP contribution is 2.29. The Labute approximate surface area is 109 Å². The summed E-state index contributed by atoms with van der Waals surface area (Å²) in [6, 6.07) is 9.16. The highest BCUT2D eigenvalue weighted by Gasteiger charge is 2.33. The van der Waals surface area contributed by atoms with Crippen molar-refractivity contribution in [2.75, 3.05) is 31.6 Å². The Hall–Kier alpha value is -1.06. The van der Waals surface area contributed by atoms with Crippen molar-refractivity contribution in [3.8, 4) is 0 Å². The number of benzene rings is 1. The van der Waals surface area contributed by atoms with Crippen LogP contribution in [-0.2, 0) is 6.42 Å². The van der Waals surface area contributed by atoms with Gasteiger partial charge in [-0.15, -0.1) is 0 Å². The molecule has 3 atom stereocenters. The lowest BCUT2D eigenvalue weighted by atomic mass is 9.94. The quantitative estimate of drug-likeness (QED) is 0.849. The zero-order chi connectivity index (χ0) is 12.4. The van der Waals surface area contributed by atoms with Gasteiger partial charge in [0, 0.05) is 31.4 Å². The number of aliphatic hydroxyl groups is 1. The second-order valence-corrected chi connectivity index (χ2v) is 5.56. The van der Waals surface area contributed by atoms with Gasteiger partial charge in [-0.2, -0.15) is 0 Å². The molecule has 2 N–H and O–H groups in total. The monoisotopic (exact) mass is 246 g/mol. The first-order valence-electron chi connectivity index (χ1n) is 7.04. The minimum Gasteiger partial charge on any atom is -0.396 e. The summed E-state index contributed by atoms with van der Waals surface area (Å²) in [5.41, 5.74) is 2.43. The van der Waals surface area contributed by atoms with E-state index < -0.39 is 0 Å². The molecule has 98 valence electrons. The van der Waals surface area contributed by atoms with E-state index in [1.165, 1.54) is 43.7 Å². The van der Waals surface area contributed by atoms with Crippen LogP contribution < -0.4 is 5.32 Å². The first-order chi connectivity index (χ1) is 8.85. The van der Waals surface area contributed by atoms with E-state index in [1.807, 2.05) is 0 Å². The molecule has 2 aliphatic rings. The Bertz CT molecular complexity index is 390. The third kappa shape index (κ3) is 2.52. The molecule has 3 unspecified atom stereocenters. The van der Waals surface area contributed by atoms with Crippen LogP contribution in [0.1, 0.15) is 18.4 Å². The van der Waals surface area contributed by atoms with Crippen molar-refractivity contribution < 1.29 is 5.11 Å². The zero-order valence-corrected chi connectivity index (χ0v) is 10.8. The lowest BCUT2D eigenvalue weighted by Crippen LogP contribution is -2.39. The predicted octanol–water partition coefficient (Wildman–Crippen LogP) is 1.73. The van der Waals surface area contributed by atoms with Gasteiger partial charge in [0.2, 0.25) is 0 Å². The van der Waals surface area contributed by atoms with Crippen LogP contribution in [0.4, 0.5) is 5.69 Å². The van der Waals surface area contributed by atoms with Gasteiger partial charge in [-0.1, -0.05) is 12.1 Å². The highest BCUT2D eigenvalue weighted by molar-refractivity contribution is 5.45. The molecule has 0 spiro atoms. The summed E-state index contributed by atoms with van der Waals surface area (Å²) in [6.45, 7) is 4.04. The average Bonchev–Trinajstić information content (AvgIpc) is 2.78. The molecule has 2 fully saturated rings. The third-order valence-corrected chi connectivity index (χ3v) is 4.34. The Morgan fingerprint density at radius 1 is 1.17 bits per heavy atom. The summed E-state index contributed by atoms with van der Waals surface area (Å²) in [6.07, 6.45) is 3.37. The summed E-state index contributed by atoms with van der Waals surface area (Å²) in [7, 11) is 0. The van der Waals surface area contributed by atoms with Crippen molar-refractivity contribution in [1.29, 1.82) is 0 Å². The Balaban J connectivity index is 1.61. The van der Waals surface area contributed by atoms with Crippen LogP contribution in [0.2, 0.25) is 0 Å². The minimum atomic E-state index is 0.229. The Morgan fingerprint density at radius 2 is 1.94 bits per heavy atom. The lowest BCUT2D eigenvalue weighted by Gasteiger charge is -2.31. The summed E-state index contributed by atoms with van der Waals surface area (Å²) >= 11 is 0. The third-order valence-electron chi connectivity index (χ3n) is 4.34. The van der Waals surface area contributed by atoms with Crippen molar-refractivity contribution in [2.45, 2.75) is 25.3 Å². The van der Waals surface area contributed by atoms with E-state index in [9.17, 15) is 0 Å². The first-order valence-corrected chi connectivity index (χ1v) is 7.04. The maximum Gasteiger partial charge on any atom is 0.0471 e. The number of piperidine rings is 1. The standard InChI is InChI=1S/C15H22N2O/c18-10-7-12-1-3-14(4-2-12)16-15-6-9-17-8-5-13(15)11-17/h1-4,13,15-16,18H,5-11H2. The van der Waals surface area contributed by atoms with E-state index in [2.05, 4.69) is 34.5 Å². The number of nitrogens with zero attached hydrogens (tertiary/aromatic N) is 1. The second kappa shape index (κ2) is 5.29. The maximum absolute atomic E-state index is 8.90. The van der Waals surface area contributed by atoms with Crippen LogP contribution in [0.25, 0.3) is 0 Å². The van der Waals surface area contributed by atoms with Crippen LogP contribution >= 0.6 is 0 Å². The molecule has 1 aromatic carbocycles. The molecule has 3 rings (SSSR count). The SMILES string of the molecule is OCCc1ccc(NC2CCN3CCC2C3)cc1. The molecular weight excluding hydrogens is 224 g/mol. The van der Waals surface area contributed by atoms with Gasteiger partial charge in [-0.05, 0) is 49.4 Å². The molecule has 0 amide bonds. The van der Waals surface area contributed by atoms with E-state index in [1.54, 1.807) is 0 Å². The molecule has 0 saturated carbocycles. The number of anilines is 1. The number of hydrogen-bond acceptors (Lipinski definition) is 3. The average molecular weight is 246 g/mol. The number of aliphatic hydroxyl groups excluding tert-OH is 1. The maximum atomic E-state index is 8.90. The van der Waals surface area contributed by atoms with E-state index in [0.717, 1.165) is 12.3 Å². The molecule has 2 aliphatic heterocycles. The van der Waals surface area contributed by atoms with Gasteiger partial charge in [0.25, 0.3) is 0 Å². The fourth-order valence-corrected chi connectivity index (χ4v) is 3.25. The lowest BCUT2D eigenvalue weighted by molar-refractivity contribution is 0.255. The number of nitrogens with one attached hydrogen (secondary N) is 1. The van der Waals surface area contributed by atoms with Gasteiger partial charge in [-0.25, -0.2) is 0 Å². The van der Waals surface area contributed by atoms with Crippen molar-refractivity contribution in [3.05, 3.63) is 29.8 Å². The fraction of sp³-hybridized carbons (Fsp3) is 0.600. The van der Waals surface area contributed by atoms with Crippen molar-refractivity contribution >= 4 is 5.69 Å². The molecule has 0 radical (unpaired) electrons. The van der Waals surface area contributed by atoms with Crippen LogP contribution in [0.5, 0.6) is 0 Å². The van der Waals surface area contributed by atoms with Crippen molar-refractivity contribution in [3.63, 3.8) is 0 Å². The van der Waals surface area contributed by atoms with Crippen LogP contribution in [-0.4, -0.2) is 42.3 Å². The molecule has 3 heteroatoms. The number of fused-ring (bicyclic) bond motifs is 2. The molecular formula is C15H22N2O. The molecule has 2 bridgehead atoms. The predicted molar refractivity (Wildman–Crippen MR) is 73.8 cm³/mol. The molecule has 1 aromatic rings. The minimum absolute atomic E-state index is 0.229. The van der Waals surface area contributed by atoms with Gasteiger partial charge in [0.15, 0.2) is 0 Å². The molecule has 3 nitrogen and oxygen atoms in total. The number of rotatable bonds is 4. The molecule has 2 saturated heterocycles. The summed E-state index contributed by atoms with van der Waals surface area (Å²) in [5, 5.41) is 12.6. The summed E-state index contributed by atoms with van der Waals surface area (Å²) in [4.78, 5) is 2.58. The van der Waals surface area contributed by atoms with Gasteiger partial charge in [0.1, 0.15) is 0 Å². The zero-order valence-electron chi connectivity index (χ0n) is 10.8. The van der Waals surface area contributed by atoms with Crippen LogP contribution in [0.3, 0.4) is 0 Å². The van der Waals surface area contributed by atoms with Crippen molar-refractivity contribution in [1.82, 2.24) is 4.90 Å². The number of hydrogen-bond donors (Lipinski definition) is 2. The van der Waals surface area contributed by atoms with Crippen molar-refractivity contribution in [2.24, 2.45) is 5.92 Å². The van der Waals surface area contributed by atoms with Gasteiger partial charge < -0.3 is 15.3 Å². The fourth-order valence-electron chi connectivity index (χ4n) is 3.25. The smallest absolute Gasteiger partial charge is 0.0471 e. The van der Waals surface area contributed by atoms with E-state index in [0.29, 0.717) is 6.04 Å². The summed E-state index contributed by atoms with van der Waals surface area (Å²) < 4.78 is 0. The van der Waals surface area contributed by atoms with Gasteiger partial charge >= 0.3 is 0 Å². The molecule has 0 aliphatic carbocycles. The van der Waals surface area contributed by atoms with Crippen LogP contribution in [0, 0.1) is 5.92 Å². The first kappa shape index (κ1) is 12.0. The van der Waals surface area contributed by atoms with E-state index in [-0.39, 0.29) is 6.61 Å². The Morgan fingerprint density at radius 3 is 2.72 bits per heavy atom. The Kier molecular flexibility index (Phi) is 3.52. The molecule has 0 aromatic heterocycles. The van der Waals surface area contributed by atoms with Gasteiger partial charge in [-0.3, -0.25) is 0 Å². The normalized spacial score (nSPS) is 30.4. The second-order valence-electron chi connectivity index (χ2n) is 5.56. The molecule has 18 heavy (non-hydrogen) atoms. The topological polar surface area (TPSA) is 35.5 Å².